The third kappa shape index (κ3) is 4.28. The molecular formula is C11H23ClN2O2. The highest BCUT2D eigenvalue weighted by atomic mass is 35.5. The molecule has 1 rings (SSSR count). The summed E-state index contributed by atoms with van der Waals surface area (Å²) < 4.78 is 5.00. The van der Waals surface area contributed by atoms with Crippen LogP contribution in [0.3, 0.4) is 0 Å². The number of halogens is 1. The van der Waals surface area contributed by atoms with E-state index in [0.29, 0.717) is 13.2 Å². The molecule has 0 aliphatic heterocycles. The number of hydrogen-bond donors (Lipinski definition) is 1. The van der Waals surface area contributed by atoms with Gasteiger partial charge in [-0.3, -0.25) is 4.79 Å². The van der Waals surface area contributed by atoms with Gasteiger partial charge in [-0.1, -0.05) is 13.3 Å². The minimum atomic E-state index is -0.540. The Morgan fingerprint density at radius 1 is 1.44 bits per heavy atom. The van der Waals surface area contributed by atoms with E-state index in [9.17, 15) is 4.79 Å². The Labute approximate surface area is 104 Å². The summed E-state index contributed by atoms with van der Waals surface area (Å²) in [5.74, 6) is 0.105. The highest BCUT2D eigenvalue weighted by Gasteiger charge is 2.47. The number of carbonyl (C=O) groups is 1. The summed E-state index contributed by atoms with van der Waals surface area (Å²) in [7, 11) is 1.65. The number of carbonyl (C=O) groups excluding carboxylic acids is 1. The van der Waals surface area contributed by atoms with Gasteiger partial charge in [0, 0.05) is 20.2 Å². The molecule has 4 nitrogen and oxygen atoms in total. The molecular weight excluding hydrogens is 228 g/mol. The molecule has 1 amide bonds. The van der Waals surface area contributed by atoms with Crippen LogP contribution in [0, 0.1) is 0 Å². The molecule has 1 saturated carbocycles. The number of ether oxygens (including phenoxy) is 1. The Bertz CT molecular complexity index is 212. The van der Waals surface area contributed by atoms with E-state index in [1.54, 1.807) is 7.11 Å². The smallest absolute Gasteiger partial charge is 0.242 e. The van der Waals surface area contributed by atoms with Crippen LogP contribution in [0.25, 0.3) is 0 Å². The van der Waals surface area contributed by atoms with Crippen LogP contribution in [0.2, 0.25) is 0 Å². The Kier molecular flexibility index (Phi) is 6.95. The lowest BCUT2D eigenvalue weighted by Crippen LogP contribution is -2.47. The average molecular weight is 251 g/mol. The zero-order valence-electron chi connectivity index (χ0n) is 10.2. The lowest BCUT2D eigenvalue weighted by atomic mass is 10.2. The van der Waals surface area contributed by atoms with Gasteiger partial charge in [0.15, 0.2) is 0 Å². The van der Waals surface area contributed by atoms with E-state index in [-0.39, 0.29) is 18.3 Å². The second-order valence-electron chi connectivity index (χ2n) is 4.29. The van der Waals surface area contributed by atoms with Gasteiger partial charge in [-0.2, -0.15) is 0 Å². The largest absolute Gasteiger partial charge is 0.383 e. The van der Waals surface area contributed by atoms with E-state index in [4.69, 9.17) is 10.5 Å². The second-order valence-corrected chi connectivity index (χ2v) is 4.29. The van der Waals surface area contributed by atoms with Crippen molar-refractivity contribution in [2.24, 2.45) is 5.73 Å². The molecule has 96 valence electrons. The van der Waals surface area contributed by atoms with E-state index in [1.165, 1.54) is 0 Å². The van der Waals surface area contributed by atoms with Gasteiger partial charge in [-0.05, 0) is 19.3 Å². The summed E-state index contributed by atoms with van der Waals surface area (Å²) in [5, 5.41) is 0. The Morgan fingerprint density at radius 2 is 2.06 bits per heavy atom. The van der Waals surface area contributed by atoms with Gasteiger partial charge in [-0.25, -0.2) is 0 Å². The number of hydrogen-bond acceptors (Lipinski definition) is 3. The number of nitrogens with two attached hydrogens (primary N) is 1. The van der Waals surface area contributed by atoms with Crippen LogP contribution in [0.1, 0.15) is 32.6 Å². The maximum atomic E-state index is 12.0. The van der Waals surface area contributed by atoms with Crippen molar-refractivity contribution in [2.45, 2.75) is 38.1 Å². The first kappa shape index (κ1) is 15.7. The van der Waals surface area contributed by atoms with Crippen LogP contribution in [-0.2, 0) is 9.53 Å². The monoisotopic (exact) mass is 250 g/mol. The Morgan fingerprint density at radius 3 is 2.50 bits per heavy atom. The van der Waals surface area contributed by atoms with Crippen LogP contribution < -0.4 is 5.73 Å². The molecule has 0 radical (unpaired) electrons. The summed E-state index contributed by atoms with van der Waals surface area (Å²) in [6, 6.07) is 0. The van der Waals surface area contributed by atoms with Crippen LogP contribution in [0.4, 0.5) is 0 Å². The van der Waals surface area contributed by atoms with Crippen molar-refractivity contribution in [3.8, 4) is 0 Å². The topological polar surface area (TPSA) is 55.6 Å². The van der Waals surface area contributed by atoms with E-state index in [0.717, 1.165) is 32.2 Å². The first-order valence-corrected chi connectivity index (χ1v) is 5.71. The minimum absolute atomic E-state index is 0. The molecule has 2 N–H and O–H groups in total. The van der Waals surface area contributed by atoms with Crippen molar-refractivity contribution < 1.29 is 9.53 Å². The molecule has 1 fully saturated rings. The standard InChI is InChI=1S/C11H22N2O2.ClH/c1-3-4-7-13(8-9-15-2)10(14)11(12)5-6-11;/h3-9,12H2,1-2H3;1H. The van der Waals surface area contributed by atoms with Gasteiger partial charge in [0.05, 0.1) is 12.1 Å². The quantitative estimate of drug-likeness (QED) is 0.738. The molecule has 0 bridgehead atoms. The molecule has 16 heavy (non-hydrogen) atoms. The molecule has 0 saturated heterocycles. The number of rotatable bonds is 7. The predicted molar refractivity (Wildman–Crippen MR) is 66.8 cm³/mol. The van der Waals surface area contributed by atoms with E-state index < -0.39 is 5.54 Å². The number of nitrogens with zero attached hydrogens (tertiary/aromatic N) is 1. The van der Waals surface area contributed by atoms with Gasteiger partial charge < -0.3 is 15.4 Å². The van der Waals surface area contributed by atoms with Gasteiger partial charge in [-0.15, -0.1) is 12.4 Å². The molecule has 0 spiro atoms. The van der Waals surface area contributed by atoms with Crippen LogP contribution >= 0.6 is 12.4 Å². The third-order valence-electron chi connectivity index (χ3n) is 2.85. The predicted octanol–water partition coefficient (Wildman–Crippen LogP) is 1.17. The van der Waals surface area contributed by atoms with Crippen LogP contribution in [0.5, 0.6) is 0 Å². The van der Waals surface area contributed by atoms with Crippen molar-refractivity contribution in [1.82, 2.24) is 4.90 Å². The molecule has 1 aliphatic rings. The number of methoxy groups -OCH3 is 1. The zero-order chi connectivity index (χ0) is 11.3. The molecule has 1 aliphatic carbocycles. The molecule has 0 heterocycles. The average Bonchev–Trinajstić information content (AvgIpc) is 2.97. The van der Waals surface area contributed by atoms with Crippen LogP contribution in [-0.4, -0.2) is 43.2 Å². The molecule has 5 heteroatoms. The molecule has 0 aromatic heterocycles. The SMILES string of the molecule is CCCCN(CCOC)C(=O)C1(N)CC1.Cl. The fourth-order valence-corrected chi connectivity index (χ4v) is 1.53. The Hall–Kier alpha value is -0.320. The minimum Gasteiger partial charge on any atom is -0.383 e. The van der Waals surface area contributed by atoms with Crippen molar-refractivity contribution in [3.63, 3.8) is 0 Å². The second kappa shape index (κ2) is 7.09. The lowest BCUT2D eigenvalue weighted by Gasteiger charge is -2.25. The van der Waals surface area contributed by atoms with Gasteiger partial charge in [0.2, 0.25) is 5.91 Å². The van der Waals surface area contributed by atoms with Gasteiger partial charge >= 0.3 is 0 Å². The van der Waals surface area contributed by atoms with Gasteiger partial charge in [0.1, 0.15) is 0 Å². The normalized spacial score (nSPS) is 16.4. The highest BCUT2D eigenvalue weighted by molar-refractivity contribution is 5.89. The summed E-state index contributed by atoms with van der Waals surface area (Å²) in [6.07, 6.45) is 3.79. The maximum absolute atomic E-state index is 12.0. The number of amides is 1. The van der Waals surface area contributed by atoms with E-state index in [2.05, 4.69) is 6.92 Å². The molecule has 0 atom stereocenters. The fraction of sp³-hybridized carbons (Fsp3) is 0.909. The van der Waals surface area contributed by atoms with Gasteiger partial charge in [0.25, 0.3) is 0 Å². The van der Waals surface area contributed by atoms with E-state index >= 15 is 0 Å². The zero-order valence-corrected chi connectivity index (χ0v) is 11.0. The maximum Gasteiger partial charge on any atom is 0.242 e. The fourth-order valence-electron chi connectivity index (χ4n) is 1.53. The van der Waals surface area contributed by atoms with Crippen molar-refractivity contribution >= 4 is 18.3 Å². The third-order valence-corrected chi connectivity index (χ3v) is 2.85. The van der Waals surface area contributed by atoms with Crippen molar-refractivity contribution in [3.05, 3.63) is 0 Å². The summed E-state index contributed by atoms with van der Waals surface area (Å²) in [5.41, 5.74) is 5.36. The highest BCUT2D eigenvalue weighted by Crippen LogP contribution is 2.34. The summed E-state index contributed by atoms with van der Waals surface area (Å²) in [6.45, 7) is 4.17. The molecule has 0 unspecified atom stereocenters. The van der Waals surface area contributed by atoms with Crippen molar-refractivity contribution in [2.75, 3.05) is 26.8 Å². The summed E-state index contributed by atoms with van der Waals surface area (Å²) >= 11 is 0. The number of unbranched alkanes of at least 4 members (excludes halogenated alkanes) is 1. The first-order valence-electron chi connectivity index (χ1n) is 5.71. The summed E-state index contributed by atoms with van der Waals surface area (Å²) in [4.78, 5) is 13.8. The molecule has 0 aromatic rings. The van der Waals surface area contributed by atoms with Crippen molar-refractivity contribution in [1.29, 1.82) is 0 Å². The lowest BCUT2D eigenvalue weighted by molar-refractivity contribution is -0.134. The first-order chi connectivity index (χ1) is 7.14. The van der Waals surface area contributed by atoms with Crippen LogP contribution in [0.15, 0.2) is 0 Å². The Balaban J connectivity index is 0.00000225. The van der Waals surface area contributed by atoms with E-state index in [1.807, 2.05) is 4.90 Å². The molecule has 0 aromatic carbocycles.